The first-order valence-corrected chi connectivity index (χ1v) is 9.76. The zero-order valence-electron chi connectivity index (χ0n) is 14.2. The van der Waals surface area contributed by atoms with Gasteiger partial charge in [0.1, 0.15) is 11.3 Å². The van der Waals surface area contributed by atoms with Crippen molar-refractivity contribution in [1.82, 2.24) is 24.8 Å². The highest BCUT2D eigenvalue weighted by Crippen LogP contribution is 2.27. The molecule has 1 fully saturated rings. The average Bonchev–Trinajstić information content (AvgIpc) is 3.10. The van der Waals surface area contributed by atoms with Gasteiger partial charge in [-0.25, -0.2) is 9.97 Å². The van der Waals surface area contributed by atoms with E-state index in [-0.39, 0.29) is 5.91 Å². The Hall–Kier alpha value is -1.71. The molecule has 3 heterocycles. The fourth-order valence-electron chi connectivity index (χ4n) is 3.00. The van der Waals surface area contributed by atoms with E-state index < -0.39 is 0 Å². The van der Waals surface area contributed by atoms with Crippen LogP contribution in [0.1, 0.15) is 10.4 Å². The molecule has 0 aliphatic carbocycles. The smallest absolute Gasteiger partial charge is 0.253 e. The molecule has 8 heteroatoms. The number of aromatic amines is 1. The molecule has 0 atom stereocenters. The summed E-state index contributed by atoms with van der Waals surface area (Å²) in [5.41, 5.74) is 3.06. The minimum Gasteiger partial charge on any atom is -0.336 e. The van der Waals surface area contributed by atoms with E-state index in [2.05, 4.69) is 49.5 Å². The van der Waals surface area contributed by atoms with Gasteiger partial charge in [-0.1, -0.05) is 23.7 Å². The van der Waals surface area contributed by atoms with Crippen LogP contribution in [0.4, 0.5) is 0 Å². The van der Waals surface area contributed by atoms with E-state index in [4.69, 9.17) is 11.6 Å². The molecule has 4 rings (SSSR count). The van der Waals surface area contributed by atoms with E-state index in [1.165, 1.54) is 0 Å². The summed E-state index contributed by atoms with van der Waals surface area (Å²) in [6.07, 6.45) is 1.62. The van der Waals surface area contributed by atoms with Crippen LogP contribution in [0, 0.1) is 3.57 Å². The third-order valence-electron chi connectivity index (χ3n) is 4.61. The molecule has 0 unspecified atom stereocenters. The summed E-state index contributed by atoms with van der Waals surface area (Å²) in [5.74, 6) is 0.795. The second-order valence-corrected chi connectivity index (χ2v) is 7.86. The number of piperazine rings is 1. The van der Waals surface area contributed by atoms with Crippen molar-refractivity contribution in [3.63, 3.8) is 0 Å². The molecule has 3 aromatic rings. The summed E-state index contributed by atoms with van der Waals surface area (Å²) in [6.45, 7) is 3.37. The zero-order chi connectivity index (χ0) is 18.3. The Morgan fingerprint density at radius 3 is 2.58 bits per heavy atom. The molecule has 1 aliphatic heterocycles. The molecule has 26 heavy (non-hydrogen) atoms. The van der Waals surface area contributed by atoms with Gasteiger partial charge < -0.3 is 14.8 Å². The molecule has 0 saturated carbocycles. The summed E-state index contributed by atoms with van der Waals surface area (Å²) in [7, 11) is 2.08. The second-order valence-electron chi connectivity index (χ2n) is 6.38. The maximum absolute atomic E-state index is 12.6. The number of nitrogens with one attached hydrogen (secondary N) is 1. The number of likely N-dealkylation sites (N-methyl/N-ethyl adjacent to an activating group) is 1. The van der Waals surface area contributed by atoms with Crippen LogP contribution in [0.5, 0.6) is 0 Å². The molecular formula is C18H17ClIN5O. The average molecular weight is 482 g/mol. The van der Waals surface area contributed by atoms with Crippen molar-refractivity contribution in [1.29, 1.82) is 0 Å². The van der Waals surface area contributed by atoms with Gasteiger partial charge >= 0.3 is 0 Å². The van der Waals surface area contributed by atoms with Gasteiger partial charge in [0.15, 0.2) is 5.65 Å². The van der Waals surface area contributed by atoms with Crippen LogP contribution in [0.3, 0.4) is 0 Å². The normalized spacial score (nSPS) is 15.6. The van der Waals surface area contributed by atoms with Crippen LogP contribution in [0.2, 0.25) is 5.02 Å². The largest absolute Gasteiger partial charge is 0.336 e. The van der Waals surface area contributed by atoms with E-state index in [9.17, 15) is 4.79 Å². The van der Waals surface area contributed by atoms with Crippen molar-refractivity contribution < 1.29 is 4.79 Å². The standard InChI is InChI=1S/C18H17ClIN5O/c1-24-6-8-25(9-7-24)18(26)12-4-2-11(3-5-12)16-22-15-14(20)13(19)10-21-17(15)23-16/h2-5,10H,6-9H2,1H3,(H,21,22,23). The lowest BCUT2D eigenvalue weighted by atomic mass is 10.1. The van der Waals surface area contributed by atoms with E-state index in [0.717, 1.165) is 40.8 Å². The topological polar surface area (TPSA) is 65.1 Å². The minimum absolute atomic E-state index is 0.0808. The third-order valence-corrected chi connectivity index (χ3v) is 6.30. The number of aromatic nitrogens is 3. The van der Waals surface area contributed by atoms with E-state index in [1.54, 1.807) is 6.20 Å². The second kappa shape index (κ2) is 7.13. The van der Waals surface area contributed by atoms with Crippen molar-refractivity contribution in [2.75, 3.05) is 33.2 Å². The summed E-state index contributed by atoms with van der Waals surface area (Å²) in [5, 5.41) is 0.587. The van der Waals surface area contributed by atoms with Crippen LogP contribution in [-0.4, -0.2) is 63.9 Å². The van der Waals surface area contributed by atoms with Crippen LogP contribution in [0.25, 0.3) is 22.6 Å². The molecule has 0 radical (unpaired) electrons. The lowest BCUT2D eigenvalue weighted by molar-refractivity contribution is 0.0664. The van der Waals surface area contributed by atoms with E-state index >= 15 is 0 Å². The minimum atomic E-state index is 0.0808. The van der Waals surface area contributed by atoms with Gasteiger partial charge in [-0.3, -0.25) is 4.79 Å². The fraction of sp³-hybridized carbons (Fsp3) is 0.278. The van der Waals surface area contributed by atoms with Crippen LogP contribution < -0.4 is 0 Å². The zero-order valence-corrected chi connectivity index (χ0v) is 17.1. The summed E-state index contributed by atoms with van der Waals surface area (Å²) in [6, 6.07) is 7.54. The number of carbonyl (C=O) groups is 1. The van der Waals surface area contributed by atoms with Gasteiger partial charge in [0.2, 0.25) is 0 Å². The Morgan fingerprint density at radius 2 is 1.88 bits per heavy atom. The highest BCUT2D eigenvalue weighted by Gasteiger charge is 2.20. The molecule has 134 valence electrons. The fourth-order valence-corrected chi connectivity index (χ4v) is 3.65. The maximum atomic E-state index is 12.6. The van der Waals surface area contributed by atoms with E-state index in [0.29, 0.717) is 22.1 Å². The molecule has 1 amide bonds. The molecular weight excluding hydrogens is 465 g/mol. The number of H-pyrrole nitrogens is 1. The first-order valence-electron chi connectivity index (χ1n) is 8.31. The number of carbonyl (C=O) groups excluding carboxylic acids is 1. The Balaban J connectivity index is 1.58. The lowest BCUT2D eigenvalue weighted by Crippen LogP contribution is -2.47. The Kier molecular flexibility index (Phi) is 4.85. The highest BCUT2D eigenvalue weighted by atomic mass is 127. The van der Waals surface area contributed by atoms with Crippen molar-refractivity contribution in [3.05, 3.63) is 44.6 Å². The van der Waals surface area contributed by atoms with Crippen molar-refractivity contribution >= 4 is 51.3 Å². The van der Waals surface area contributed by atoms with Gasteiger partial charge in [-0.2, -0.15) is 0 Å². The Bertz CT molecular complexity index is 964. The summed E-state index contributed by atoms with van der Waals surface area (Å²) >= 11 is 8.28. The number of hydrogen-bond acceptors (Lipinski definition) is 4. The number of pyridine rings is 1. The lowest BCUT2D eigenvalue weighted by Gasteiger charge is -2.32. The molecule has 2 aromatic heterocycles. The Labute approximate surface area is 169 Å². The number of amides is 1. The van der Waals surface area contributed by atoms with Crippen molar-refractivity contribution in [2.24, 2.45) is 0 Å². The summed E-state index contributed by atoms with van der Waals surface area (Å²) in [4.78, 5) is 28.9. The number of benzene rings is 1. The van der Waals surface area contributed by atoms with E-state index in [1.807, 2.05) is 29.2 Å². The molecule has 1 N–H and O–H groups in total. The Morgan fingerprint density at radius 1 is 1.19 bits per heavy atom. The number of rotatable bonds is 2. The molecule has 6 nitrogen and oxygen atoms in total. The predicted molar refractivity (Wildman–Crippen MR) is 110 cm³/mol. The maximum Gasteiger partial charge on any atom is 0.253 e. The number of hydrogen-bond donors (Lipinski definition) is 1. The highest BCUT2D eigenvalue weighted by molar-refractivity contribution is 14.1. The number of imidazole rings is 1. The third kappa shape index (κ3) is 3.30. The summed E-state index contributed by atoms with van der Waals surface area (Å²) < 4.78 is 0.874. The predicted octanol–water partition coefficient (Wildman–Crippen LogP) is 3.27. The van der Waals surface area contributed by atoms with Crippen molar-refractivity contribution in [3.8, 4) is 11.4 Å². The first kappa shape index (κ1) is 17.7. The molecule has 1 aromatic carbocycles. The van der Waals surface area contributed by atoms with Gasteiger partial charge in [-0.05, 0) is 41.8 Å². The van der Waals surface area contributed by atoms with Gasteiger partial charge in [0.25, 0.3) is 5.91 Å². The van der Waals surface area contributed by atoms with Gasteiger partial charge in [0, 0.05) is 43.5 Å². The van der Waals surface area contributed by atoms with Crippen LogP contribution >= 0.6 is 34.2 Å². The first-order chi connectivity index (χ1) is 12.5. The van der Waals surface area contributed by atoms with Gasteiger partial charge in [0.05, 0.1) is 8.59 Å². The quantitative estimate of drug-likeness (QED) is 0.571. The molecule has 1 saturated heterocycles. The number of halogens is 2. The number of fused-ring (bicyclic) bond motifs is 1. The molecule has 0 spiro atoms. The van der Waals surface area contributed by atoms with Crippen LogP contribution in [-0.2, 0) is 0 Å². The van der Waals surface area contributed by atoms with Crippen molar-refractivity contribution in [2.45, 2.75) is 0 Å². The molecule has 0 bridgehead atoms. The number of nitrogens with zero attached hydrogens (tertiary/aromatic N) is 4. The SMILES string of the molecule is CN1CCN(C(=O)c2ccc(-c3nc4c(I)c(Cl)cnc4[nH]3)cc2)CC1. The van der Waals surface area contributed by atoms with Crippen LogP contribution in [0.15, 0.2) is 30.5 Å². The van der Waals surface area contributed by atoms with Gasteiger partial charge in [-0.15, -0.1) is 0 Å². The monoisotopic (exact) mass is 481 g/mol. The molecule has 1 aliphatic rings.